The van der Waals surface area contributed by atoms with Crippen molar-refractivity contribution in [1.82, 2.24) is 0 Å². The van der Waals surface area contributed by atoms with E-state index in [4.69, 9.17) is 9.47 Å². The highest BCUT2D eigenvalue weighted by Gasteiger charge is 2.76. The molecule has 1 spiro atoms. The molecule has 0 radical (unpaired) electrons. The maximum absolute atomic E-state index is 10.9. The van der Waals surface area contributed by atoms with Crippen molar-refractivity contribution in [3.8, 4) is 0 Å². The Kier molecular flexibility index (Phi) is 5.55. The summed E-state index contributed by atoms with van der Waals surface area (Å²) in [7, 11) is 0. The summed E-state index contributed by atoms with van der Waals surface area (Å²) in [4.78, 5) is 10.9. The van der Waals surface area contributed by atoms with Crippen molar-refractivity contribution < 1.29 is 14.3 Å². The molecule has 1 heterocycles. The van der Waals surface area contributed by atoms with E-state index in [1.165, 1.54) is 57.8 Å². The third-order valence-corrected chi connectivity index (χ3v) is 11.5. The lowest BCUT2D eigenvalue weighted by Crippen LogP contribution is -2.58. The molecule has 1 saturated heterocycles. The van der Waals surface area contributed by atoms with E-state index in [1.807, 2.05) is 0 Å². The van der Waals surface area contributed by atoms with Crippen LogP contribution in [0.25, 0.3) is 0 Å². The lowest BCUT2D eigenvalue weighted by Gasteiger charge is -2.59. The fourth-order valence-corrected chi connectivity index (χ4v) is 9.86. The van der Waals surface area contributed by atoms with Gasteiger partial charge in [0.2, 0.25) is 0 Å². The molecular formula is C28H46O3. The molecule has 5 rings (SSSR count). The second kappa shape index (κ2) is 7.74. The molecule has 0 amide bonds. The first kappa shape index (κ1) is 22.2. The van der Waals surface area contributed by atoms with E-state index in [1.54, 1.807) is 0 Å². The Morgan fingerprint density at radius 3 is 2.58 bits per heavy atom. The van der Waals surface area contributed by atoms with E-state index in [0.29, 0.717) is 18.0 Å². The van der Waals surface area contributed by atoms with Gasteiger partial charge in [0.15, 0.2) is 0 Å². The van der Waals surface area contributed by atoms with Gasteiger partial charge < -0.3 is 9.47 Å². The van der Waals surface area contributed by atoms with Crippen LogP contribution in [0.15, 0.2) is 0 Å². The molecule has 4 aliphatic carbocycles. The topological polar surface area (TPSA) is 38.8 Å². The molecule has 0 N–H and O–H groups in total. The molecule has 1 aliphatic heterocycles. The molecule has 31 heavy (non-hydrogen) atoms. The second-order valence-electron chi connectivity index (χ2n) is 13.2. The van der Waals surface area contributed by atoms with Gasteiger partial charge in [-0.2, -0.15) is 0 Å². The maximum atomic E-state index is 10.9. The number of hydrogen-bond acceptors (Lipinski definition) is 3. The first-order valence-corrected chi connectivity index (χ1v) is 13.5. The Hall–Kier alpha value is -0.570. The minimum Gasteiger partial charge on any atom is -0.464 e. The molecule has 0 aromatic rings. The van der Waals surface area contributed by atoms with Gasteiger partial charge >= 0.3 is 0 Å². The Labute approximate surface area is 190 Å². The average Bonchev–Trinajstić information content (AvgIpc) is 3.29. The molecule has 0 aromatic carbocycles. The Morgan fingerprint density at radius 1 is 1.03 bits per heavy atom. The van der Waals surface area contributed by atoms with Crippen molar-refractivity contribution in [2.75, 3.05) is 0 Å². The molecule has 3 heteroatoms. The fourth-order valence-electron chi connectivity index (χ4n) is 9.86. The Balaban J connectivity index is 1.31. The monoisotopic (exact) mass is 430 g/mol. The number of hydrogen-bond donors (Lipinski definition) is 0. The number of carbonyl (C=O) groups excluding carboxylic acids is 1. The lowest BCUT2D eigenvalue weighted by atomic mass is 9.44. The smallest absolute Gasteiger partial charge is 0.293 e. The first-order chi connectivity index (χ1) is 14.7. The van der Waals surface area contributed by atoms with Crippen LogP contribution in [0.3, 0.4) is 0 Å². The van der Waals surface area contributed by atoms with Crippen LogP contribution in [0.5, 0.6) is 0 Å². The summed E-state index contributed by atoms with van der Waals surface area (Å²) in [5, 5.41) is 0. The zero-order valence-corrected chi connectivity index (χ0v) is 20.7. The van der Waals surface area contributed by atoms with Crippen molar-refractivity contribution in [1.29, 1.82) is 0 Å². The molecule has 0 unspecified atom stereocenters. The Bertz CT molecular complexity index is 690. The summed E-state index contributed by atoms with van der Waals surface area (Å²) < 4.78 is 12.0. The van der Waals surface area contributed by atoms with Gasteiger partial charge in [-0.05, 0) is 85.9 Å². The number of carbonyl (C=O) groups is 1. The van der Waals surface area contributed by atoms with Gasteiger partial charge in [-0.25, -0.2) is 0 Å². The maximum Gasteiger partial charge on any atom is 0.293 e. The molecule has 3 nitrogen and oxygen atoms in total. The summed E-state index contributed by atoms with van der Waals surface area (Å²) in [5.74, 6) is 5.17. The summed E-state index contributed by atoms with van der Waals surface area (Å²) >= 11 is 0. The number of epoxide rings is 1. The molecular weight excluding hydrogens is 384 g/mol. The predicted molar refractivity (Wildman–Crippen MR) is 124 cm³/mol. The normalized spacial score (nSPS) is 51.3. The SMILES string of the molecule is CC(C)CCC[C@@H](C)[C@H]1CC[C@H]2[C@@H]3C[C@H]4O[C@]45C[C@@H](OC=O)CC[C@]5(C)[C@H]3CC[C@]12C. The van der Waals surface area contributed by atoms with Crippen LogP contribution in [-0.2, 0) is 14.3 Å². The van der Waals surface area contributed by atoms with E-state index < -0.39 is 0 Å². The van der Waals surface area contributed by atoms with Crippen LogP contribution in [-0.4, -0.2) is 24.3 Å². The van der Waals surface area contributed by atoms with Crippen molar-refractivity contribution in [3.05, 3.63) is 0 Å². The number of rotatable bonds is 7. The third kappa shape index (κ3) is 3.26. The standard InChI is InChI=1S/C28H46O3/c1-18(2)7-6-8-19(3)22-9-10-23-21-15-25-28(31-25)16-20(30-17-29)11-14-27(28,5)24(21)12-13-26(22,23)4/h17-25H,6-16H2,1-5H3/t19-,20+,21+,22-,23+,24+,25-,26-,27-,28-/m1/s1. The summed E-state index contributed by atoms with van der Waals surface area (Å²) in [5.41, 5.74) is 0.836. The van der Waals surface area contributed by atoms with Crippen LogP contribution in [0.2, 0.25) is 0 Å². The molecule has 4 saturated carbocycles. The molecule has 0 bridgehead atoms. The van der Waals surface area contributed by atoms with Crippen molar-refractivity contribution >= 4 is 6.47 Å². The molecule has 5 fully saturated rings. The Morgan fingerprint density at radius 2 is 1.84 bits per heavy atom. The van der Waals surface area contributed by atoms with Gasteiger partial charge in [0, 0.05) is 11.8 Å². The van der Waals surface area contributed by atoms with Crippen LogP contribution in [0.4, 0.5) is 0 Å². The van der Waals surface area contributed by atoms with Gasteiger partial charge in [0.1, 0.15) is 11.7 Å². The largest absolute Gasteiger partial charge is 0.464 e. The highest BCUT2D eigenvalue weighted by molar-refractivity contribution is 5.38. The van der Waals surface area contributed by atoms with Crippen LogP contribution in [0, 0.1) is 46.3 Å². The number of ether oxygens (including phenoxy) is 2. The van der Waals surface area contributed by atoms with E-state index >= 15 is 0 Å². The van der Waals surface area contributed by atoms with Gasteiger partial charge in [-0.15, -0.1) is 0 Å². The average molecular weight is 431 g/mol. The van der Waals surface area contributed by atoms with Crippen LogP contribution >= 0.6 is 0 Å². The minimum absolute atomic E-state index is 0.00990. The third-order valence-electron chi connectivity index (χ3n) is 11.5. The highest BCUT2D eigenvalue weighted by Crippen LogP contribution is 2.74. The van der Waals surface area contributed by atoms with Gasteiger partial charge in [0.25, 0.3) is 6.47 Å². The molecule has 10 atom stereocenters. The summed E-state index contributed by atoms with van der Waals surface area (Å²) in [6.07, 6.45) is 14.8. The molecule has 5 aliphatic rings. The van der Waals surface area contributed by atoms with Crippen LogP contribution < -0.4 is 0 Å². The van der Waals surface area contributed by atoms with Crippen molar-refractivity contribution in [3.63, 3.8) is 0 Å². The van der Waals surface area contributed by atoms with E-state index in [0.717, 1.165) is 48.3 Å². The van der Waals surface area contributed by atoms with Gasteiger partial charge in [-0.3, -0.25) is 4.79 Å². The minimum atomic E-state index is 0.00990. The van der Waals surface area contributed by atoms with Crippen LogP contribution in [0.1, 0.15) is 105 Å². The second-order valence-corrected chi connectivity index (χ2v) is 13.2. The van der Waals surface area contributed by atoms with E-state index in [9.17, 15) is 4.79 Å². The molecule has 0 aromatic heterocycles. The highest BCUT2D eigenvalue weighted by atomic mass is 16.6. The van der Waals surface area contributed by atoms with Gasteiger partial charge in [-0.1, -0.05) is 53.9 Å². The van der Waals surface area contributed by atoms with Crippen molar-refractivity contribution in [2.45, 2.75) is 123 Å². The zero-order valence-electron chi connectivity index (χ0n) is 20.7. The van der Waals surface area contributed by atoms with Gasteiger partial charge in [0.05, 0.1) is 6.10 Å². The predicted octanol–water partition coefficient (Wildman–Crippen LogP) is 6.78. The quantitative estimate of drug-likeness (QED) is 0.330. The lowest BCUT2D eigenvalue weighted by molar-refractivity contribution is -0.147. The van der Waals surface area contributed by atoms with E-state index in [-0.39, 0.29) is 17.1 Å². The first-order valence-electron chi connectivity index (χ1n) is 13.5. The fraction of sp³-hybridized carbons (Fsp3) is 0.964. The molecule has 176 valence electrons. The number of fused-ring (bicyclic) bond motifs is 4. The summed E-state index contributed by atoms with van der Waals surface area (Å²) in [6.45, 7) is 13.2. The zero-order chi connectivity index (χ0) is 22.0. The van der Waals surface area contributed by atoms with Crippen molar-refractivity contribution in [2.24, 2.45) is 46.3 Å². The summed E-state index contributed by atoms with van der Waals surface area (Å²) in [6, 6.07) is 0. The van der Waals surface area contributed by atoms with E-state index in [2.05, 4.69) is 34.6 Å².